The summed E-state index contributed by atoms with van der Waals surface area (Å²) in [6.45, 7) is -2.75. The highest BCUT2D eigenvalue weighted by Gasteiger charge is 2.37. The summed E-state index contributed by atoms with van der Waals surface area (Å²) >= 11 is 0. The van der Waals surface area contributed by atoms with Crippen molar-refractivity contribution < 1.29 is 17.3 Å². The molecule has 0 unspecified atom stereocenters. The van der Waals surface area contributed by atoms with E-state index in [1.807, 2.05) is 0 Å². The first-order valence-corrected chi connectivity index (χ1v) is 8.40. The van der Waals surface area contributed by atoms with Crippen molar-refractivity contribution in [3.05, 3.63) is 58.3 Å². The van der Waals surface area contributed by atoms with Gasteiger partial charge in [0.15, 0.2) is 11.2 Å². The van der Waals surface area contributed by atoms with E-state index >= 15 is 0 Å². The van der Waals surface area contributed by atoms with Crippen molar-refractivity contribution in [2.75, 3.05) is 0 Å². The maximum Gasteiger partial charge on any atom is 0.434 e. The number of aryl methyl sites for hydroxylation is 1. The molecule has 148 valence electrons. The maximum atomic E-state index is 13.7. The van der Waals surface area contributed by atoms with Gasteiger partial charge >= 0.3 is 6.18 Å². The number of rotatable bonds is 1. The number of halogens is 3. The standard InChI is InChI=1S/C19H10F3N7O/c1-28-8-12-10-5-9(6-23)16(19(20,21)22)25-17(10)29(18(30)15(12)27-28)14-4-2-3-13-11(14)7-24-26-13/h2-5,7-8H,1H3,(H,24,26)/i1D3. The summed E-state index contributed by atoms with van der Waals surface area (Å²) in [6, 6.07) is 7.11. The van der Waals surface area contributed by atoms with E-state index in [-0.39, 0.29) is 22.0 Å². The van der Waals surface area contributed by atoms with Gasteiger partial charge in [0.05, 0.1) is 23.0 Å². The largest absolute Gasteiger partial charge is 0.434 e. The van der Waals surface area contributed by atoms with Crippen LogP contribution in [0.2, 0.25) is 0 Å². The Kier molecular flexibility index (Phi) is 2.90. The Morgan fingerprint density at radius 3 is 2.83 bits per heavy atom. The van der Waals surface area contributed by atoms with Crippen molar-refractivity contribution >= 4 is 32.8 Å². The van der Waals surface area contributed by atoms with Crippen LogP contribution in [-0.4, -0.2) is 29.5 Å². The van der Waals surface area contributed by atoms with Gasteiger partial charge < -0.3 is 0 Å². The Balaban J connectivity index is 2.04. The smallest absolute Gasteiger partial charge is 0.278 e. The second-order valence-corrected chi connectivity index (χ2v) is 6.45. The monoisotopic (exact) mass is 412 g/mol. The molecule has 0 atom stereocenters. The summed E-state index contributed by atoms with van der Waals surface area (Å²) in [4.78, 5) is 17.1. The fourth-order valence-electron chi connectivity index (χ4n) is 3.48. The molecule has 0 aliphatic heterocycles. The number of hydrogen-bond acceptors (Lipinski definition) is 5. The number of fused-ring (bicyclic) bond motifs is 4. The van der Waals surface area contributed by atoms with Gasteiger partial charge in [0, 0.05) is 33.4 Å². The topological polar surface area (TPSA) is 105 Å². The first-order chi connectivity index (χ1) is 15.5. The van der Waals surface area contributed by atoms with Crippen molar-refractivity contribution in [1.82, 2.24) is 29.5 Å². The van der Waals surface area contributed by atoms with Gasteiger partial charge in [0.2, 0.25) is 0 Å². The summed E-state index contributed by atoms with van der Waals surface area (Å²) in [5.41, 5.74) is -3.16. The molecule has 8 nitrogen and oxygen atoms in total. The van der Waals surface area contributed by atoms with Crippen molar-refractivity contribution in [3.8, 4) is 11.8 Å². The fourth-order valence-corrected chi connectivity index (χ4v) is 3.48. The maximum absolute atomic E-state index is 13.7. The minimum atomic E-state index is -4.97. The van der Waals surface area contributed by atoms with Crippen LogP contribution in [0.3, 0.4) is 0 Å². The van der Waals surface area contributed by atoms with Gasteiger partial charge in [-0.1, -0.05) is 6.07 Å². The van der Waals surface area contributed by atoms with Crippen LogP contribution in [0.15, 0.2) is 41.5 Å². The third-order valence-electron chi connectivity index (χ3n) is 4.72. The third kappa shape index (κ3) is 2.40. The Hall–Kier alpha value is -4.20. The molecular weight excluding hydrogens is 399 g/mol. The lowest BCUT2D eigenvalue weighted by atomic mass is 10.1. The molecule has 4 heterocycles. The quantitative estimate of drug-likeness (QED) is 0.456. The molecule has 0 aliphatic rings. The number of nitrogens with zero attached hydrogens (tertiary/aromatic N) is 6. The lowest BCUT2D eigenvalue weighted by Gasteiger charge is -2.14. The van der Waals surface area contributed by atoms with Gasteiger partial charge in [-0.3, -0.25) is 19.1 Å². The van der Waals surface area contributed by atoms with Crippen molar-refractivity contribution in [2.24, 2.45) is 6.98 Å². The first-order valence-electron chi connectivity index (χ1n) is 9.90. The number of aromatic amines is 1. The van der Waals surface area contributed by atoms with Gasteiger partial charge in [-0.2, -0.15) is 28.6 Å². The third-order valence-corrected chi connectivity index (χ3v) is 4.72. The molecule has 5 aromatic rings. The van der Waals surface area contributed by atoms with Gasteiger partial charge in [-0.15, -0.1) is 0 Å². The van der Waals surface area contributed by atoms with Gasteiger partial charge in [-0.05, 0) is 18.2 Å². The number of nitrogens with one attached hydrogen (secondary N) is 1. The molecule has 1 aromatic carbocycles. The molecule has 5 rings (SSSR count). The van der Waals surface area contributed by atoms with Crippen molar-refractivity contribution in [2.45, 2.75) is 6.18 Å². The second-order valence-electron chi connectivity index (χ2n) is 6.45. The normalized spacial score (nSPS) is 14.0. The Bertz CT molecular complexity index is 1690. The van der Waals surface area contributed by atoms with E-state index in [1.54, 1.807) is 12.1 Å². The van der Waals surface area contributed by atoms with E-state index in [0.717, 1.165) is 16.8 Å². The van der Waals surface area contributed by atoms with Crippen LogP contribution in [0.5, 0.6) is 0 Å². The Labute approximate surface area is 169 Å². The minimum absolute atomic E-state index is 0.0369. The Morgan fingerprint density at radius 2 is 2.10 bits per heavy atom. The highest BCUT2D eigenvalue weighted by molar-refractivity contribution is 6.04. The van der Waals surface area contributed by atoms with Gasteiger partial charge in [-0.25, -0.2) is 4.98 Å². The van der Waals surface area contributed by atoms with E-state index in [0.29, 0.717) is 15.6 Å². The summed E-state index contributed by atoms with van der Waals surface area (Å²) in [6.07, 6.45) is -2.55. The van der Waals surface area contributed by atoms with Gasteiger partial charge in [0.1, 0.15) is 11.7 Å². The molecule has 11 heteroatoms. The van der Waals surface area contributed by atoms with E-state index in [1.165, 1.54) is 18.3 Å². The highest BCUT2D eigenvalue weighted by atomic mass is 19.4. The number of nitriles is 1. The van der Waals surface area contributed by atoms with Crippen molar-refractivity contribution in [1.29, 1.82) is 5.26 Å². The zero-order chi connectivity index (χ0) is 23.7. The SMILES string of the molecule is [2H]C([2H])([2H])n1cc2c(n1)c(=O)n(-c1cccc3[nH]ncc13)c1nc(C(F)(F)F)c(C#N)cc21. The summed E-state index contributed by atoms with van der Waals surface area (Å²) < 4.78 is 65.2. The number of pyridine rings is 2. The molecular formula is C19H10F3N7O. The molecule has 0 spiro atoms. The molecule has 1 N–H and O–H groups in total. The number of hydrogen-bond donors (Lipinski definition) is 1. The van der Waals surface area contributed by atoms with Crippen LogP contribution in [0.4, 0.5) is 13.2 Å². The highest BCUT2D eigenvalue weighted by Crippen LogP contribution is 2.34. The molecule has 0 amide bonds. The molecule has 0 fully saturated rings. The van der Waals surface area contributed by atoms with Crippen LogP contribution in [0, 0.1) is 11.3 Å². The van der Waals surface area contributed by atoms with E-state index in [9.17, 15) is 23.2 Å². The number of benzene rings is 1. The van der Waals surface area contributed by atoms with Crippen LogP contribution >= 0.6 is 0 Å². The average Bonchev–Trinajstić information content (AvgIpc) is 3.40. The number of H-pyrrole nitrogens is 1. The van der Waals surface area contributed by atoms with E-state index in [4.69, 9.17) is 4.11 Å². The molecule has 0 bridgehead atoms. The number of alkyl halides is 3. The predicted octanol–water partition coefficient (Wildman–Crippen LogP) is 3.04. The zero-order valence-corrected chi connectivity index (χ0v) is 14.7. The lowest BCUT2D eigenvalue weighted by Crippen LogP contribution is -2.22. The van der Waals surface area contributed by atoms with E-state index < -0.39 is 35.6 Å². The predicted molar refractivity (Wildman–Crippen MR) is 101 cm³/mol. The second kappa shape index (κ2) is 5.90. The molecule has 0 radical (unpaired) electrons. The van der Waals surface area contributed by atoms with Crippen LogP contribution in [-0.2, 0) is 13.2 Å². The molecule has 4 aromatic heterocycles. The Morgan fingerprint density at radius 1 is 1.27 bits per heavy atom. The van der Waals surface area contributed by atoms with Crippen LogP contribution < -0.4 is 5.56 Å². The molecule has 30 heavy (non-hydrogen) atoms. The molecule has 0 saturated heterocycles. The van der Waals surface area contributed by atoms with Crippen molar-refractivity contribution in [3.63, 3.8) is 0 Å². The summed E-state index contributed by atoms with van der Waals surface area (Å²) in [5.74, 6) is 0. The van der Waals surface area contributed by atoms with Gasteiger partial charge in [0.25, 0.3) is 5.56 Å². The molecule has 0 aliphatic carbocycles. The fraction of sp³-hybridized carbons (Fsp3) is 0.105. The minimum Gasteiger partial charge on any atom is -0.278 e. The zero-order valence-electron chi connectivity index (χ0n) is 17.7. The summed E-state index contributed by atoms with van der Waals surface area (Å²) in [5, 5.41) is 20.1. The molecule has 0 saturated carbocycles. The number of aromatic nitrogens is 6. The lowest BCUT2D eigenvalue weighted by molar-refractivity contribution is -0.141. The summed E-state index contributed by atoms with van der Waals surface area (Å²) in [7, 11) is 0. The van der Waals surface area contributed by atoms with Crippen LogP contribution in [0.25, 0.3) is 38.5 Å². The first kappa shape index (κ1) is 14.7. The van der Waals surface area contributed by atoms with E-state index in [2.05, 4.69) is 20.3 Å². The average molecular weight is 412 g/mol. The van der Waals surface area contributed by atoms with Crippen LogP contribution in [0.1, 0.15) is 15.4 Å².